The highest BCUT2D eigenvalue weighted by atomic mass is 35.5. The van der Waals surface area contributed by atoms with E-state index >= 15 is 0 Å². The monoisotopic (exact) mass is 306 g/mol. The van der Waals surface area contributed by atoms with Crippen LogP contribution in [-0.4, -0.2) is 30.2 Å². The number of carbonyl (C=O) groups is 1. The summed E-state index contributed by atoms with van der Waals surface area (Å²) in [6.45, 7) is 0.0366. The molecule has 1 atom stereocenters. The van der Waals surface area contributed by atoms with Crippen LogP contribution in [0.3, 0.4) is 0 Å². The Morgan fingerprint density at radius 1 is 1.40 bits per heavy atom. The molecule has 0 unspecified atom stereocenters. The molecule has 1 aromatic carbocycles. The van der Waals surface area contributed by atoms with E-state index in [0.29, 0.717) is 23.7 Å². The average molecular weight is 307 g/mol. The Hall–Kier alpha value is -1.43. The summed E-state index contributed by atoms with van der Waals surface area (Å²) < 4.78 is 38.0. The number of benzene rings is 1. The number of piperidine rings is 1. The van der Waals surface area contributed by atoms with Crippen molar-refractivity contribution in [2.24, 2.45) is 5.92 Å². The molecule has 3 nitrogen and oxygen atoms in total. The molecule has 1 aliphatic heterocycles. The van der Waals surface area contributed by atoms with Gasteiger partial charge in [0.2, 0.25) is 0 Å². The maximum Gasteiger partial charge on any atom is 0.393 e. The maximum atomic E-state index is 12.7. The van der Waals surface area contributed by atoms with Crippen molar-refractivity contribution in [1.29, 1.82) is 0 Å². The average Bonchev–Trinajstić information content (AvgIpc) is 2.38. The Bertz CT molecular complexity index is 493. The summed E-state index contributed by atoms with van der Waals surface area (Å²) in [5, 5.41) is 3.01. The molecule has 1 aliphatic rings. The molecule has 7 heteroatoms. The van der Waals surface area contributed by atoms with Crippen LogP contribution in [0, 0.1) is 5.92 Å². The van der Waals surface area contributed by atoms with E-state index in [2.05, 4.69) is 5.32 Å². The van der Waals surface area contributed by atoms with Gasteiger partial charge in [0, 0.05) is 23.8 Å². The van der Waals surface area contributed by atoms with Crippen LogP contribution in [0.4, 0.5) is 23.7 Å². The van der Waals surface area contributed by atoms with Crippen molar-refractivity contribution in [3.05, 3.63) is 29.3 Å². The van der Waals surface area contributed by atoms with Gasteiger partial charge in [-0.3, -0.25) is 0 Å². The van der Waals surface area contributed by atoms with E-state index in [-0.39, 0.29) is 13.0 Å². The standard InChI is InChI=1S/C13H14ClF3N2O/c14-10-4-1-5-11(7-10)18-12(20)19-6-2-3-9(8-19)13(15,16)17/h1,4-5,7,9H,2-3,6,8H2,(H,18,20)/t9-/m1/s1. The summed E-state index contributed by atoms with van der Waals surface area (Å²) in [7, 11) is 0. The highest BCUT2D eigenvalue weighted by molar-refractivity contribution is 6.30. The Morgan fingerprint density at radius 3 is 2.80 bits per heavy atom. The third-order valence-electron chi connectivity index (χ3n) is 3.25. The lowest BCUT2D eigenvalue weighted by atomic mass is 9.98. The molecule has 20 heavy (non-hydrogen) atoms. The van der Waals surface area contributed by atoms with E-state index in [1.807, 2.05) is 0 Å². The predicted molar refractivity (Wildman–Crippen MR) is 70.8 cm³/mol. The first-order valence-corrected chi connectivity index (χ1v) is 6.62. The molecule has 110 valence electrons. The van der Waals surface area contributed by atoms with Crippen LogP contribution >= 0.6 is 11.6 Å². The van der Waals surface area contributed by atoms with Gasteiger partial charge in [-0.05, 0) is 31.0 Å². The second-order valence-electron chi connectivity index (χ2n) is 4.77. The number of amides is 2. The molecule has 0 bridgehead atoms. The van der Waals surface area contributed by atoms with E-state index in [4.69, 9.17) is 11.6 Å². The molecule has 0 radical (unpaired) electrons. The summed E-state index contributed by atoms with van der Waals surface area (Å²) in [5.74, 6) is -1.44. The van der Waals surface area contributed by atoms with E-state index < -0.39 is 18.1 Å². The topological polar surface area (TPSA) is 32.3 Å². The summed E-state index contributed by atoms with van der Waals surface area (Å²) in [6.07, 6.45) is -3.83. The fraction of sp³-hybridized carbons (Fsp3) is 0.462. The zero-order valence-electron chi connectivity index (χ0n) is 10.6. The van der Waals surface area contributed by atoms with E-state index in [1.54, 1.807) is 24.3 Å². The Morgan fingerprint density at radius 2 is 2.15 bits per heavy atom. The van der Waals surface area contributed by atoms with Gasteiger partial charge in [-0.25, -0.2) is 4.79 Å². The molecular formula is C13H14ClF3N2O. The summed E-state index contributed by atoms with van der Waals surface area (Å²) >= 11 is 5.78. The normalized spacial score (nSPS) is 19.8. The maximum absolute atomic E-state index is 12.7. The number of alkyl halides is 3. The first-order valence-electron chi connectivity index (χ1n) is 6.24. The SMILES string of the molecule is O=C(Nc1cccc(Cl)c1)N1CCC[C@@H](C(F)(F)F)C1. The molecular weight excluding hydrogens is 293 g/mol. The zero-order valence-corrected chi connectivity index (χ0v) is 11.3. The molecule has 0 spiro atoms. The quantitative estimate of drug-likeness (QED) is 0.830. The van der Waals surface area contributed by atoms with Crippen LogP contribution in [0.25, 0.3) is 0 Å². The minimum Gasteiger partial charge on any atom is -0.324 e. The van der Waals surface area contributed by atoms with Gasteiger partial charge in [0.15, 0.2) is 0 Å². The van der Waals surface area contributed by atoms with Crippen molar-refractivity contribution in [1.82, 2.24) is 4.90 Å². The number of rotatable bonds is 1. The van der Waals surface area contributed by atoms with E-state index in [9.17, 15) is 18.0 Å². The lowest BCUT2D eigenvalue weighted by Crippen LogP contribution is -2.46. The molecule has 1 saturated heterocycles. The first kappa shape index (κ1) is 15.0. The molecule has 2 amide bonds. The fourth-order valence-electron chi connectivity index (χ4n) is 2.20. The van der Waals surface area contributed by atoms with Crippen molar-refractivity contribution in [2.75, 3.05) is 18.4 Å². The lowest BCUT2D eigenvalue weighted by molar-refractivity contribution is -0.183. The molecule has 0 saturated carbocycles. The van der Waals surface area contributed by atoms with Gasteiger partial charge >= 0.3 is 12.2 Å². The number of urea groups is 1. The van der Waals surface area contributed by atoms with Gasteiger partial charge in [0.05, 0.1) is 5.92 Å². The molecule has 2 rings (SSSR count). The number of nitrogens with zero attached hydrogens (tertiary/aromatic N) is 1. The molecule has 0 aliphatic carbocycles. The number of nitrogens with one attached hydrogen (secondary N) is 1. The van der Waals surface area contributed by atoms with Gasteiger partial charge < -0.3 is 10.2 Å². The highest BCUT2D eigenvalue weighted by Crippen LogP contribution is 2.33. The smallest absolute Gasteiger partial charge is 0.324 e. The third kappa shape index (κ3) is 3.79. The summed E-state index contributed by atoms with van der Waals surface area (Å²) in [6, 6.07) is 5.96. The van der Waals surface area contributed by atoms with Crippen LogP contribution in [0.2, 0.25) is 5.02 Å². The Kier molecular flexibility index (Phi) is 4.42. The van der Waals surface area contributed by atoms with Crippen LogP contribution < -0.4 is 5.32 Å². The number of likely N-dealkylation sites (tertiary alicyclic amines) is 1. The van der Waals surface area contributed by atoms with Gasteiger partial charge in [-0.15, -0.1) is 0 Å². The fourth-order valence-corrected chi connectivity index (χ4v) is 2.39. The second-order valence-corrected chi connectivity index (χ2v) is 5.20. The van der Waals surface area contributed by atoms with Crippen molar-refractivity contribution in [3.8, 4) is 0 Å². The summed E-state index contributed by atoms with van der Waals surface area (Å²) in [4.78, 5) is 13.2. The highest BCUT2D eigenvalue weighted by Gasteiger charge is 2.42. The number of hydrogen-bond acceptors (Lipinski definition) is 1. The third-order valence-corrected chi connectivity index (χ3v) is 3.48. The van der Waals surface area contributed by atoms with E-state index in [1.165, 1.54) is 4.90 Å². The van der Waals surface area contributed by atoms with Crippen LogP contribution in [-0.2, 0) is 0 Å². The second kappa shape index (κ2) is 5.91. The summed E-state index contributed by atoms with van der Waals surface area (Å²) in [5.41, 5.74) is 0.469. The van der Waals surface area contributed by atoms with Crippen LogP contribution in [0.15, 0.2) is 24.3 Å². The molecule has 1 N–H and O–H groups in total. The van der Waals surface area contributed by atoms with Crippen LogP contribution in [0.5, 0.6) is 0 Å². The van der Waals surface area contributed by atoms with Gasteiger partial charge in [0.25, 0.3) is 0 Å². The minimum absolute atomic E-state index is 0.0739. The molecule has 0 aromatic heterocycles. The van der Waals surface area contributed by atoms with Gasteiger partial charge in [-0.1, -0.05) is 17.7 Å². The van der Waals surface area contributed by atoms with Gasteiger partial charge in [0.1, 0.15) is 0 Å². The largest absolute Gasteiger partial charge is 0.393 e. The van der Waals surface area contributed by atoms with Crippen LogP contribution in [0.1, 0.15) is 12.8 Å². The number of anilines is 1. The Labute approximate surface area is 119 Å². The van der Waals surface area contributed by atoms with E-state index in [0.717, 1.165) is 0 Å². The van der Waals surface area contributed by atoms with Crippen molar-refractivity contribution in [3.63, 3.8) is 0 Å². The zero-order chi connectivity index (χ0) is 14.8. The first-order chi connectivity index (χ1) is 9.36. The lowest BCUT2D eigenvalue weighted by Gasteiger charge is -2.33. The molecule has 1 fully saturated rings. The van der Waals surface area contributed by atoms with Crippen molar-refractivity contribution >= 4 is 23.3 Å². The number of hydrogen-bond donors (Lipinski definition) is 1. The van der Waals surface area contributed by atoms with Crippen molar-refractivity contribution < 1.29 is 18.0 Å². The Balaban J connectivity index is 1.99. The molecule has 1 heterocycles. The predicted octanol–water partition coefficient (Wildman–Crippen LogP) is 4.15. The molecule has 1 aromatic rings. The number of halogens is 4. The van der Waals surface area contributed by atoms with Crippen molar-refractivity contribution in [2.45, 2.75) is 19.0 Å². The number of carbonyl (C=O) groups excluding carboxylic acids is 1. The minimum atomic E-state index is -4.25. The van der Waals surface area contributed by atoms with Gasteiger partial charge in [-0.2, -0.15) is 13.2 Å².